The first kappa shape index (κ1) is 11.3. The van der Waals surface area contributed by atoms with Gasteiger partial charge in [0.25, 0.3) is 0 Å². The minimum Gasteiger partial charge on any atom is -0.507 e. The average molecular weight is 230 g/mol. The van der Waals surface area contributed by atoms with Gasteiger partial charge in [0.2, 0.25) is 0 Å². The smallest absolute Gasteiger partial charge is 0.165 e. The van der Waals surface area contributed by atoms with E-state index in [1.807, 2.05) is 19.1 Å². The van der Waals surface area contributed by atoms with Gasteiger partial charge in [-0.2, -0.15) is 0 Å². The number of para-hydroxylation sites is 1. The first-order chi connectivity index (χ1) is 8.13. The fourth-order valence-electron chi connectivity index (χ4n) is 1.77. The molecule has 2 aromatic rings. The van der Waals surface area contributed by atoms with Gasteiger partial charge >= 0.3 is 0 Å². The second-order valence-electron chi connectivity index (χ2n) is 3.88. The van der Waals surface area contributed by atoms with Crippen molar-refractivity contribution in [2.45, 2.75) is 13.3 Å². The minimum absolute atomic E-state index is 0.0862. The van der Waals surface area contributed by atoms with Gasteiger partial charge in [-0.15, -0.1) is 0 Å². The van der Waals surface area contributed by atoms with Crippen LogP contribution in [-0.2, 0) is 6.42 Å². The van der Waals surface area contributed by atoms with Crippen molar-refractivity contribution >= 4 is 0 Å². The number of phenolic OH excluding ortho intramolecular Hbond substituents is 3. The van der Waals surface area contributed by atoms with Crippen LogP contribution in [0.2, 0.25) is 0 Å². The summed E-state index contributed by atoms with van der Waals surface area (Å²) in [5.74, 6) is -0.317. The lowest BCUT2D eigenvalue weighted by atomic mass is 10.00. The Labute approximate surface area is 99.6 Å². The van der Waals surface area contributed by atoms with Crippen LogP contribution in [0.4, 0.5) is 0 Å². The van der Waals surface area contributed by atoms with Crippen LogP contribution in [-0.4, -0.2) is 15.3 Å². The van der Waals surface area contributed by atoms with Crippen molar-refractivity contribution in [2.24, 2.45) is 0 Å². The van der Waals surface area contributed by atoms with Gasteiger partial charge in [-0.3, -0.25) is 0 Å². The fourth-order valence-corrected chi connectivity index (χ4v) is 1.77. The van der Waals surface area contributed by atoms with Crippen molar-refractivity contribution in [1.29, 1.82) is 0 Å². The Morgan fingerprint density at radius 2 is 1.65 bits per heavy atom. The molecule has 0 unspecified atom stereocenters. The quantitative estimate of drug-likeness (QED) is 0.695. The summed E-state index contributed by atoms with van der Waals surface area (Å²) in [5, 5.41) is 29.0. The molecule has 0 aliphatic carbocycles. The molecule has 3 nitrogen and oxygen atoms in total. The summed E-state index contributed by atoms with van der Waals surface area (Å²) in [6.45, 7) is 2.01. The lowest BCUT2D eigenvalue weighted by Gasteiger charge is -2.09. The molecule has 0 amide bonds. The molecule has 0 aromatic heterocycles. The molecule has 0 spiro atoms. The van der Waals surface area contributed by atoms with Crippen molar-refractivity contribution in [3.8, 4) is 28.4 Å². The Morgan fingerprint density at radius 3 is 2.35 bits per heavy atom. The number of aryl methyl sites for hydroxylation is 1. The Bertz CT molecular complexity index is 547. The zero-order valence-electron chi connectivity index (χ0n) is 9.51. The first-order valence-corrected chi connectivity index (χ1v) is 5.46. The van der Waals surface area contributed by atoms with E-state index in [4.69, 9.17) is 0 Å². The van der Waals surface area contributed by atoms with Crippen LogP contribution in [0.5, 0.6) is 17.2 Å². The third-order valence-corrected chi connectivity index (χ3v) is 2.77. The molecule has 0 fully saturated rings. The van der Waals surface area contributed by atoms with Crippen molar-refractivity contribution < 1.29 is 15.3 Å². The van der Waals surface area contributed by atoms with E-state index in [2.05, 4.69) is 0 Å². The fraction of sp³-hybridized carbons (Fsp3) is 0.143. The van der Waals surface area contributed by atoms with Gasteiger partial charge in [-0.1, -0.05) is 25.1 Å². The van der Waals surface area contributed by atoms with Gasteiger partial charge in [0.05, 0.1) is 0 Å². The van der Waals surface area contributed by atoms with Crippen LogP contribution >= 0.6 is 0 Å². The standard InChI is InChI=1S/C14H14O3/c1-2-9-6-7-12(15)11(8-9)10-4-3-5-13(16)14(10)17/h3-8,15-17H,2H2,1H3. The van der Waals surface area contributed by atoms with E-state index in [0.29, 0.717) is 11.1 Å². The molecule has 88 valence electrons. The Kier molecular flexibility index (Phi) is 2.91. The van der Waals surface area contributed by atoms with Gasteiger partial charge in [0.1, 0.15) is 5.75 Å². The molecule has 0 aliphatic rings. The van der Waals surface area contributed by atoms with E-state index >= 15 is 0 Å². The normalized spacial score (nSPS) is 10.4. The van der Waals surface area contributed by atoms with Crippen LogP contribution < -0.4 is 0 Å². The van der Waals surface area contributed by atoms with Crippen molar-refractivity contribution in [3.05, 3.63) is 42.0 Å². The second kappa shape index (κ2) is 4.37. The SMILES string of the molecule is CCc1ccc(O)c(-c2cccc(O)c2O)c1. The summed E-state index contributed by atoms with van der Waals surface area (Å²) in [7, 11) is 0. The Hall–Kier alpha value is -2.16. The predicted molar refractivity (Wildman–Crippen MR) is 66.3 cm³/mol. The molecule has 0 saturated carbocycles. The number of aromatic hydroxyl groups is 3. The van der Waals surface area contributed by atoms with Gasteiger partial charge in [0.15, 0.2) is 11.5 Å². The number of benzene rings is 2. The topological polar surface area (TPSA) is 60.7 Å². The molecule has 0 bridgehead atoms. The van der Waals surface area contributed by atoms with Gasteiger partial charge in [-0.05, 0) is 30.2 Å². The van der Waals surface area contributed by atoms with Crippen LogP contribution in [0, 0.1) is 0 Å². The van der Waals surface area contributed by atoms with Crippen molar-refractivity contribution in [3.63, 3.8) is 0 Å². The van der Waals surface area contributed by atoms with Crippen LogP contribution in [0.3, 0.4) is 0 Å². The Morgan fingerprint density at radius 1 is 0.882 bits per heavy atom. The molecular formula is C14H14O3. The van der Waals surface area contributed by atoms with Gasteiger partial charge in [0, 0.05) is 11.1 Å². The van der Waals surface area contributed by atoms with E-state index in [-0.39, 0.29) is 17.2 Å². The molecular weight excluding hydrogens is 216 g/mol. The minimum atomic E-state index is -0.212. The molecule has 3 heteroatoms. The highest BCUT2D eigenvalue weighted by Crippen LogP contribution is 2.40. The lowest BCUT2D eigenvalue weighted by molar-refractivity contribution is 0.404. The van der Waals surface area contributed by atoms with Gasteiger partial charge < -0.3 is 15.3 Å². The first-order valence-electron chi connectivity index (χ1n) is 5.46. The molecule has 17 heavy (non-hydrogen) atoms. The van der Waals surface area contributed by atoms with Gasteiger partial charge in [-0.25, -0.2) is 0 Å². The van der Waals surface area contributed by atoms with Crippen LogP contribution in [0.1, 0.15) is 12.5 Å². The van der Waals surface area contributed by atoms with Crippen LogP contribution in [0.25, 0.3) is 11.1 Å². The highest BCUT2D eigenvalue weighted by molar-refractivity contribution is 5.77. The number of phenols is 3. The maximum absolute atomic E-state index is 9.81. The number of hydrogen-bond donors (Lipinski definition) is 3. The predicted octanol–water partition coefficient (Wildman–Crippen LogP) is 3.03. The molecule has 0 heterocycles. The Balaban J connectivity index is 2.63. The largest absolute Gasteiger partial charge is 0.507 e. The summed E-state index contributed by atoms with van der Waals surface area (Å²) >= 11 is 0. The molecule has 0 saturated heterocycles. The maximum atomic E-state index is 9.81. The summed E-state index contributed by atoms with van der Waals surface area (Å²) in [4.78, 5) is 0. The number of rotatable bonds is 2. The average Bonchev–Trinajstić information content (AvgIpc) is 2.34. The zero-order chi connectivity index (χ0) is 12.4. The molecule has 0 radical (unpaired) electrons. The van der Waals surface area contributed by atoms with E-state index in [1.54, 1.807) is 18.2 Å². The highest BCUT2D eigenvalue weighted by atomic mass is 16.3. The molecule has 3 N–H and O–H groups in total. The monoisotopic (exact) mass is 230 g/mol. The van der Waals surface area contributed by atoms with E-state index in [1.165, 1.54) is 6.07 Å². The summed E-state index contributed by atoms with van der Waals surface area (Å²) in [6, 6.07) is 9.92. The molecule has 2 aromatic carbocycles. The number of hydrogen-bond acceptors (Lipinski definition) is 3. The highest BCUT2D eigenvalue weighted by Gasteiger charge is 2.12. The van der Waals surface area contributed by atoms with Crippen molar-refractivity contribution in [1.82, 2.24) is 0 Å². The maximum Gasteiger partial charge on any atom is 0.165 e. The van der Waals surface area contributed by atoms with E-state index in [9.17, 15) is 15.3 Å². The molecule has 0 atom stereocenters. The summed E-state index contributed by atoms with van der Waals surface area (Å²) in [6.07, 6.45) is 0.840. The third kappa shape index (κ3) is 2.04. The summed E-state index contributed by atoms with van der Waals surface area (Å²) in [5.41, 5.74) is 2.01. The van der Waals surface area contributed by atoms with E-state index < -0.39 is 0 Å². The lowest BCUT2D eigenvalue weighted by Crippen LogP contribution is -1.85. The van der Waals surface area contributed by atoms with Crippen LogP contribution in [0.15, 0.2) is 36.4 Å². The second-order valence-corrected chi connectivity index (χ2v) is 3.88. The summed E-state index contributed by atoms with van der Waals surface area (Å²) < 4.78 is 0. The van der Waals surface area contributed by atoms with E-state index in [0.717, 1.165) is 12.0 Å². The van der Waals surface area contributed by atoms with Crippen molar-refractivity contribution in [2.75, 3.05) is 0 Å². The third-order valence-electron chi connectivity index (χ3n) is 2.77. The zero-order valence-corrected chi connectivity index (χ0v) is 9.51. The molecule has 0 aliphatic heterocycles. The molecule has 2 rings (SSSR count).